The third kappa shape index (κ3) is 4.55. The van der Waals surface area contributed by atoms with Crippen molar-refractivity contribution in [2.24, 2.45) is 0 Å². The van der Waals surface area contributed by atoms with Crippen LogP contribution in [-0.4, -0.2) is 20.7 Å². The van der Waals surface area contributed by atoms with Crippen LogP contribution in [0.5, 0.6) is 0 Å². The molecule has 5 nitrogen and oxygen atoms in total. The molecule has 25 heavy (non-hydrogen) atoms. The molecule has 1 heterocycles. The Kier molecular flexibility index (Phi) is 5.63. The number of hydrogen-bond acceptors (Lipinski definition) is 3. The van der Waals surface area contributed by atoms with Crippen LogP contribution in [-0.2, 0) is 24.3 Å². The number of benzene rings is 2. The standard InChI is InChI=1S/C18H17ClN4OS/c19-15-9-5-4-8-14(15)11-20-17(24)10-16-21-22-18(25)23(16)12-13-6-2-1-3-7-13/h1-9H,10-12H2,(H,20,24)(H,22,25). The molecule has 0 fully saturated rings. The zero-order valence-corrected chi connectivity index (χ0v) is 15.0. The Hall–Kier alpha value is -2.44. The average molecular weight is 373 g/mol. The van der Waals surface area contributed by atoms with Crippen molar-refractivity contribution in [1.82, 2.24) is 20.1 Å². The Morgan fingerprint density at radius 1 is 1.16 bits per heavy atom. The van der Waals surface area contributed by atoms with E-state index in [1.807, 2.05) is 53.1 Å². The predicted octanol–water partition coefficient (Wildman–Crippen LogP) is 3.50. The minimum Gasteiger partial charge on any atom is -0.352 e. The number of amides is 1. The number of rotatable bonds is 6. The molecule has 0 saturated carbocycles. The van der Waals surface area contributed by atoms with Crippen LogP contribution >= 0.6 is 23.8 Å². The fraction of sp³-hybridized carbons (Fsp3) is 0.167. The summed E-state index contributed by atoms with van der Waals surface area (Å²) in [6.45, 7) is 0.950. The molecule has 0 unspecified atom stereocenters. The summed E-state index contributed by atoms with van der Waals surface area (Å²) >= 11 is 11.4. The van der Waals surface area contributed by atoms with Crippen molar-refractivity contribution < 1.29 is 4.79 Å². The molecule has 3 aromatic rings. The topological polar surface area (TPSA) is 62.7 Å². The van der Waals surface area contributed by atoms with E-state index in [4.69, 9.17) is 23.8 Å². The van der Waals surface area contributed by atoms with E-state index in [9.17, 15) is 4.79 Å². The van der Waals surface area contributed by atoms with Crippen molar-refractivity contribution in [2.45, 2.75) is 19.5 Å². The second-order valence-corrected chi connectivity index (χ2v) is 6.36. The quantitative estimate of drug-likeness (QED) is 0.651. The summed E-state index contributed by atoms with van der Waals surface area (Å²) in [5.74, 6) is 0.466. The number of aromatic nitrogens is 3. The third-order valence-corrected chi connectivity index (χ3v) is 4.45. The van der Waals surface area contributed by atoms with E-state index in [1.165, 1.54) is 0 Å². The SMILES string of the molecule is O=C(Cc1n[nH]c(=S)n1Cc1ccccc1)NCc1ccccc1Cl. The fourth-order valence-electron chi connectivity index (χ4n) is 2.46. The van der Waals surface area contributed by atoms with Gasteiger partial charge < -0.3 is 5.32 Å². The van der Waals surface area contributed by atoms with Gasteiger partial charge in [0.1, 0.15) is 5.82 Å². The molecule has 0 saturated heterocycles. The summed E-state index contributed by atoms with van der Waals surface area (Å²) in [6.07, 6.45) is 0.143. The van der Waals surface area contributed by atoms with Gasteiger partial charge in [0.05, 0.1) is 13.0 Å². The highest BCUT2D eigenvalue weighted by Gasteiger charge is 2.12. The maximum atomic E-state index is 12.3. The molecule has 3 rings (SSSR count). The Labute approximate surface area is 155 Å². The maximum absolute atomic E-state index is 12.3. The molecule has 0 bridgehead atoms. The van der Waals surface area contributed by atoms with Gasteiger partial charge in [-0.05, 0) is 29.4 Å². The molecular formula is C18H17ClN4OS. The summed E-state index contributed by atoms with van der Waals surface area (Å²) in [6, 6.07) is 17.3. The Balaban J connectivity index is 1.66. The van der Waals surface area contributed by atoms with E-state index >= 15 is 0 Å². The van der Waals surface area contributed by atoms with E-state index in [0.717, 1.165) is 11.1 Å². The van der Waals surface area contributed by atoms with Crippen molar-refractivity contribution >= 4 is 29.7 Å². The first-order chi connectivity index (χ1) is 12.1. The van der Waals surface area contributed by atoms with E-state index in [0.29, 0.717) is 28.7 Å². The molecule has 7 heteroatoms. The lowest BCUT2D eigenvalue weighted by molar-refractivity contribution is -0.120. The third-order valence-electron chi connectivity index (χ3n) is 3.77. The summed E-state index contributed by atoms with van der Waals surface area (Å²) in [5.41, 5.74) is 1.97. The van der Waals surface area contributed by atoms with Crippen molar-refractivity contribution in [3.63, 3.8) is 0 Å². The molecular weight excluding hydrogens is 356 g/mol. The summed E-state index contributed by atoms with van der Waals surface area (Å²) in [7, 11) is 0. The van der Waals surface area contributed by atoms with E-state index in [2.05, 4.69) is 15.5 Å². The first-order valence-electron chi connectivity index (χ1n) is 7.81. The van der Waals surface area contributed by atoms with Crippen molar-refractivity contribution in [2.75, 3.05) is 0 Å². The van der Waals surface area contributed by atoms with Gasteiger partial charge in [-0.15, -0.1) is 0 Å². The van der Waals surface area contributed by atoms with Gasteiger partial charge in [-0.25, -0.2) is 0 Å². The molecule has 128 valence electrons. The second kappa shape index (κ2) is 8.09. The zero-order valence-electron chi connectivity index (χ0n) is 13.4. The van der Waals surface area contributed by atoms with Gasteiger partial charge in [-0.1, -0.05) is 60.1 Å². The molecule has 2 N–H and O–H groups in total. The fourth-order valence-corrected chi connectivity index (χ4v) is 2.87. The van der Waals surface area contributed by atoms with Gasteiger partial charge in [-0.3, -0.25) is 14.5 Å². The minimum absolute atomic E-state index is 0.136. The van der Waals surface area contributed by atoms with Crippen LogP contribution in [0.2, 0.25) is 5.02 Å². The predicted molar refractivity (Wildman–Crippen MR) is 100.0 cm³/mol. The number of nitrogens with zero attached hydrogens (tertiary/aromatic N) is 2. The summed E-state index contributed by atoms with van der Waals surface area (Å²) < 4.78 is 2.33. The smallest absolute Gasteiger partial charge is 0.227 e. The van der Waals surface area contributed by atoms with Crippen molar-refractivity contribution in [3.8, 4) is 0 Å². The average Bonchev–Trinajstić information content (AvgIpc) is 2.95. The van der Waals surface area contributed by atoms with Crippen LogP contribution in [0.15, 0.2) is 54.6 Å². The lowest BCUT2D eigenvalue weighted by atomic mass is 10.2. The largest absolute Gasteiger partial charge is 0.352 e. The van der Waals surface area contributed by atoms with Crippen LogP contribution in [0.25, 0.3) is 0 Å². The van der Waals surface area contributed by atoms with Gasteiger partial charge in [0.15, 0.2) is 4.77 Å². The van der Waals surface area contributed by atoms with E-state index in [1.54, 1.807) is 6.07 Å². The van der Waals surface area contributed by atoms with E-state index in [-0.39, 0.29) is 12.3 Å². The Bertz CT molecular complexity index is 920. The molecule has 0 aliphatic carbocycles. The summed E-state index contributed by atoms with van der Waals surface area (Å²) in [5, 5.41) is 10.4. The first kappa shape index (κ1) is 17.4. The normalized spacial score (nSPS) is 10.6. The van der Waals surface area contributed by atoms with Gasteiger partial charge >= 0.3 is 0 Å². The van der Waals surface area contributed by atoms with Crippen LogP contribution in [0.3, 0.4) is 0 Å². The van der Waals surface area contributed by atoms with Gasteiger partial charge in [0.25, 0.3) is 0 Å². The highest BCUT2D eigenvalue weighted by Crippen LogP contribution is 2.14. The maximum Gasteiger partial charge on any atom is 0.227 e. The lowest BCUT2D eigenvalue weighted by Gasteiger charge is -2.09. The van der Waals surface area contributed by atoms with Crippen LogP contribution in [0.4, 0.5) is 0 Å². The molecule has 1 aromatic heterocycles. The number of nitrogens with one attached hydrogen (secondary N) is 2. The number of hydrogen-bond donors (Lipinski definition) is 2. The molecule has 0 radical (unpaired) electrons. The zero-order chi connectivity index (χ0) is 17.6. The second-order valence-electron chi connectivity index (χ2n) is 5.56. The Morgan fingerprint density at radius 3 is 2.64 bits per heavy atom. The van der Waals surface area contributed by atoms with E-state index < -0.39 is 0 Å². The van der Waals surface area contributed by atoms with Crippen LogP contribution in [0, 0.1) is 4.77 Å². The van der Waals surface area contributed by atoms with Gasteiger partial charge in [0, 0.05) is 11.6 Å². The highest BCUT2D eigenvalue weighted by atomic mass is 35.5. The number of carbonyl (C=O) groups excluding carboxylic acids is 1. The highest BCUT2D eigenvalue weighted by molar-refractivity contribution is 7.71. The first-order valence-corrected chi connectivity index (χ1v) is 8.60. The Morgan fingerprint density at radius 2 is 1.88 bits per heavy atom. The molecule has 0 aliphatic rings. The number of carbonyl (C=O) groups is 1. The molecule has 0 atom stereocenters. The number of halogens is 1. The summed E-state index contributed by atoms with van der Waals surface area (Å²) in [4.78, 5) is 12.3. The minimum atomic E-state index is -0.136. The number of H-pyrrole nitrogens is 1. The molecule has 0 aliphatic heterocycles. The van der Waals surface area contributed by atoms with Crippen LogP contribution < -0.4 is 5.32 Å². The molecule has 2 aromatic carbocycles. The molecule has 0 spiro atoms. The van der Waals surface area contributed by atoms with Crippen molar-refractivity contribution in [3.05, 3.63) is 81.3 Å². The number of aromatic amines is 1. The van der Waals surface area contributed by atoms with Gasteiger partial charge in [-0.2, -0.15) is 5.10 Å². The van der Waals surface area contributed by atoms with Crippen LogP contribution in [0.1, 0.15) is 17.0 Å². The molecule has 1 amide bonds. The monoisotopic (exact) mass is 372 g/mol. The van der Waals surface area contributed by atoms with Gasteiger partial charge in [0.2, 0.25) is 5.91 Å². The lowest BCUT2D eigenvalue weighted by Crippen LogP contribution is -2.26. The van der Waals surface area contributed by atoms with Crippen molar-refractivity contribution in [1.29, 1.82) is 0 Å².